The van der Waals surface area contributed by atoms with Crippen LogP contribution in [0.5, 0.6) is 17.2 Å². The number of amides is 3. The minimum Gasteiger partial charge on any atom is -0.493 e. The molecule has 3 amide bonds. The number of ether oxygens (including phenoxy) is 3. The fourth-order valence-corrected chi connectivity index (χ4v) is 6.55. The van der Waals surface area contributed by atoms with Gasteiger partial charge >= 0.3 is 0 Å². The number of nitrogens with zero attached hydrogens (tertiary/aromatic N) is 3. The monoisotopic (exact) mass is 643 g/mol. The van der Waals surface area contributed by atoms with Crippen molar-refractivity contribution in [1.29, 1.82) is 0 Å². The number of methoxy groups -OCH3 is 1. The number of benzene rings is 2. The Morgan fingerprint density at radius 3 is 2.74 bits per heavy atom. The summed E-state index contributed by atoms with van der Waals surface area (Å²) in [4.78, 5) is 44.9. The van der Waals surface area contributed by atoms with Gasteiger partial charge in [-0.3, -0.25) is 19.5 Å². The first kappa shape index (κ1) is 31.3. The molecule has 11 nitrogen and oxygen atoms in total. The van der Waals surface area contributed by atoms with Crippen LogP contribution in [0.15, 0.2) is 60.7 Å². The summed E-state index contributed by atoms with van der Waals surface area (Å²) >= 11 is 1.63. The van der Waals surface area contributed by atoms with Crippen LogP contribution in [0.4, 0.5) is 0 Å². The number of likely N-dealkylation sites (tertiary alicyclic amines) is 1. The molecule has 4 aromatic rings. The van der Waals surface area contributed by atoms with Crippen molar-refractivity contribution >= 4 is 29.1 Å². The van der Waals surface area contributed by atoms with Crippen molar-refractivity contribution in [1.82, 2.24) is 25.3 Å². The summed E-state index contributed by atoms with van der Waals surface area (Å²) in [6.45, 7) is 2.86. The average Bonchev–Trinajstić information content (AvgIpc) is 3.72. The van der Waals surface area contributed by atoms with Gasteiger partial charge in [0.25, 0.3) is 5.91 Å². The standard InChI is InChI=1S/C34H37N5O6S/c1-21-7-11-31(46-21)26-17-27(37-36-26)34(42)39-14-13-25-30(18-39)44-20-23-5-4-6-24(15-23)45-28-10-8-22(16-29(28)43-3)9-12-33(41)38(2)19-32(40)35-25/h4-8,10-11,15-17,25,30H,9,12-14,18-20H2,1-3H3,(H,35,40)(H,36,37)/t25-,30-/m0/s1. The zero-order chi connectivity index (χ0) is 32.2. The minimum absolute atomic E-state index is 0.0823. The highest BCUT2D eigenvalue weighted by molar-refractivity contribution is 7.15. The number of aromatic amines is 1. The molecule has 3 aliphatic heterocycles. The lowest BCUT2D eigenvalue weighted by molar-refractivity contribution is -0.135. The lowest BCUT2D eigenvalue weighted by Crippen LogP contribution is -2.57. The summed E-state index contributed by atoms with van der Waals surface area (Å²) in [7, 11) is 3.20. The number of piperidine rings is 1. The number of thiophene rings is 1. The maximum absolute atomic E-state index is 13.6. The highest BCUT2D eigenvalue weighted by atomic mass is 32.1. The summed E-state index contributed by atoms with van der Waals surface area (Å²) in [5.74, 6) is 1.09. The van der Waals surface area contributed by atoms with Crippen LogP contribution in [0.25, 0.3) is 10.6 Å². The zero-order valence-corrected chi connectivity index (χ0v) is 26.9. The van der Waals surface area contributed by atoms with Crippen molar-refractivity contribution in [2.75, 3.05) is 33.8 Å². The van der Waals surface area contributed by atoms with Crippen LogP contribution in [-0.2, 0) is 27.4 Å². The number of likely N-dealkylation sites (N-methyl/N-ethyl adjacent to an activating group) is 1. The number of aromatic nitrogens is 2. The predicted molar refractivity (Wildman–Crippen MR) is 173 cm³/mol. The number of hydrogen-bond acceptors (Lipinski definition) is 8. The third-order valence-corrected chi connectivity index (χ3v) is 9.28. The second-order valence-corrected chi connectivity index (χ2v) is 12.9. The topological polar surface area (TPSA) is 126 Å². The summed E-state index contributed by atoms with van der Waals surface area (Å²) in [6, 6.07) is 18.6. The molecule has 3 aliphatic rings. The van der Waals surface area contributed by atoms with Crippen molar-refractivity contribution in [2.45, 2.75) is 44.9 Å². The molecule has 1 saturated heterocycles. The summed E-state index contributed by atoms with van der Waals surface area (Å²) in [5.41, 5.74) is 2.91. The molecule has 0 radical (unpaired) electrons. The van der Waals surface area contributed by atoms with Crippen LogP contribution in [0.3, 0.4) is 0 Å². The van der Waals surface area contributed by atoms with Gasteiger partial charge in [0.15, 0.2) is 17.2 Å². The summed E-state index contributed by atoms with van der Waals surface area (Å²) in [5, 5.41) is 10.4. The van der Waals surface area contributed by atoms with Gasteiger partial charge in [-0.25, -0.2) is 0 Å². The molecule has 0 aliphatic carbocycles. The van der Waals surface area contributed by atoms with Crippen LogP contribution in [0.1, 0.15) is 39.3 Å². The molecule has 0 unspecified atom stereocenters. The van der Waals surface area contributed by atoms with Gasteiger partial charge in [-0.05, 0) is 73.4 Å². The van der Waals surface area contributed by atoms with Gasteiger partial charge in [0.05, 0.1) is 43.0 Å². The Balaban J connectivity index is 1.23. The van der Waals surface area contributed by atoms with Crippen LogP contribution >= 0.6 is 11.3 Å². The number of carbonyl (C=O) groups is 3. The second-order valence-electron chi connectivity index (χ2n) is 11.6. The molecule has 2 aromatic carbocycles. The second kappa shape index (κ2) is 13.8. The Morgan fingerprint density at radius 2 is 1.93 bits per heavy atom. The Labute approximate surface area is 271 Å². The van der Waals surface area contributed by atoms with E-state index in [4.69, 9.17) is 14.2 Å². The van der Waals surface area contributed by atoms with Crippen LogP contribution < -0.4 is 14.8 Å². The molecule has 46 heavy (non-hydrogen) atoms. The third kappa shape index (κ3) is 7.24. The summed E-state index contributed by atoms with van der Waals surface area (Å²) < 4.78 is 18.2. The van der Waals surface area contributed by atoms with Crippen LogP contribution in [0.2, 0.25) is 0 Å². The Hall–Kier alpha value is -4.68. The predicted octanol–water partition coefficient (Wildman–Crippen LogP) is 4.57. The van der Waals surface area contributed by atoms with Gasteiger partial charge in [-0.2, -0.15) is 5.10 Å². The first-order valence-corrected chi connectivity index (χ1v) is 16.1. The fraction of sp³-hybridized carbons (Fsp3) is 0.353. The van der Waals surface area contributed by atoms with Gasteiger partial charge in [-0.15, -0.1) is 11.3 Å². The molecule has 5 heterocycles. The number of H-pyrrole nitrogens is 1. The fourth-order valence-electron chi connectivity index (χ4n) is 5.71. The van der Waals surface area contributed by atoms with E-state index in [2.05, 4.69) is 15.5 Å². The molecule has 0 saturated carbocycles. The van der Waals surface area contributed by atoms with E-state index >= 15 is 0 Å². The molecule has 2 aromatic heterocycles. The zero-order valence-electron chi connectivity index (χ0n) is 26.1. The molecular weight excluding hydrogens is 606 g/mol. The molecular formula is C34H37N5O6S. The molecule has 1 fully saturated rings. The molecule has 12 heteroatoms. The number of hydrogen-bond donors (Lipinski definition) is 2. The molecule has 7 rings (SSSR count). The molecule has 240 valence electrons. The third-order valence-electron chi connectivity index (χ3n) is 8.25. The van der Waals surface area contributed by atoms with Crippen molar-refractivity contribution in [3.8, 4) is 27.8 Å². The van der Waals surface area contributed by atoms with E-state index in [9.17, 15) is 14.4 Å². The van der Waals surface area contributed by atoms with Crippen molar-refractivity contribution in [3.63, 3.8) is 0 Å². The van der Waals surface area contributed by atoms with Gasteiger partial charge < -0.3 is 29.3 Å². The van der Waals surface area contributed by atoms with Crippen LogP contribution in [0, 0.1) is 6.92 Å². The van der Waals surface area contributed by atoms with Gasteiger partial charge in [0.2, 0.25) is 11.8 Å². The maximum atomic E-state index is 13.6. The van der Waals surface area contributed by atoms with Crippen LogP contribution in [-0.4, -0.2) is 83.7 Å². The first-order valence-electron chi connectivity index (χ1n) is 15.3. The van der Waals surface area contributed by atoms with Crippen molar-refractivity contribution in [3.05, 3.63) is 82.4 Å². The largest absolute Gasteiger partial charge is 0.493 e. The number of aryl methyl sites for hydroxylation is 2. The minimum atomic E-state index is -0.500. The highest BCUT2D eigenvalue weighted by Crippen LogP contribution is 2.33. The number of rotatable bonds is 3. The normalized spacial score (nSPS) is 19.4. The van der Waals surface area contributed by atoms with E-state index in [0.29, 0.717) is 42.3 Å². The quantitative estimate of drug-likeness (QED) is 0.335. The van der Waals surface area contributed by atoms with E-state index in [1.165, 1.54) is 9.78 Å². The van der Waals surface area contributed by atoms with E-state index in [1.807, 2.05) is 61.5 Å². The van der Waals surface area contributed by atoms with E-state index in [0.717, 1.165) is 21.7 Å². The Morgan fingerprint density at radius 1 is 1.07 bits per heavy atom. The summed E-state index contributed by atoms with van der Waals surface area (Å²) in [6.07, 6.45) is 0.713. The molecule has 4 bridgehead atoms. The number of nitrogens with one attached hydrogen (secondary N) is 2. The molecule has 0 spiro atoms. The van der Waals surface area contributed by atoms with E-state index in [-0.39, 0.29) is 49.9 Å². The Kier molecular flexibility index (Phi) is 9.36. The lowest BCUT2D eigenvalue weighted by atomic mass is 10.0. The molecule has 2 atom stereocenters. The smallest absolute Gasteiger partial charge is 0.274 e. The van der Waals surface area contributed by atoms with Crippen molar-refractivity contribution < 1.29 is 28.6 Å². The molecule has 2 N–H and O–H groups in total. The van der Waals surface area contributed by atoms with Gasteiger partial charge in [0.1, 0.15) is 5.75 Å². The highest BCUT2D eigenvalue weighted by Gasteiger charge is 2.35. The lowest BCUT2D eigenvalue weighted by Gasteiger charge is -2.38. The van der Waals surface area contributed by atoms with E-state index < -0.39 is 6.10 Å². The Bertz CT molecular complexity index is 1730. The van der Waals surface area contributed by atoms with E-state index in [1.54, 1.807) is 36.5 Å². The number of fused-ring (bicyclic) bond motifs is 9. The van der Waals surface area contributed by atoms with Gasteiger partial charge in [0, 0.05) is 31.4 Å². The average molecular weight is 644 g/mol. The van der Waals surface area contributed by atoms with Crippen molar-refractivity contribution in [2.24, 2.45) is 0 Å². The maximum Gasteiger partial charge on any atom is 0.274 e. The number of carbonyl (C=O) groups excluding carboxylic acids is 3. The van der Waals surface area contributed by atoms with Gasteiger partial charge in [-0.1, -0.05) is 18.2 Å². The SMILES string of the molecule is COc1cc2ccc1Oc1cccc(c1)CO[C@H]1CN(C(=O)c3cc(-c4ccc(C)s4)[nH]n3)CC[C@@H]1NC(=O)CN(C)C(=O)CC2. The first-order chi connectivity index (χ1) is 22.2.